The molecular weight excluding hydrogens is 284 g/mol. The third-order valence-electron chi connectivity index (χ3n) is 4.22. The van der Waals surface area contributed by atoms with E-state index in [2.05, 4.69) is 0 Å². The van der Waals surface area contributed by atoms with Crippen molar-refractivity contribution in [3.63, 3.8) is 0 Å². The Morgan fingerprint density at radius 3 is 2.14 bits per heavy atom. The van der Waals surface area contributed by atoms with Gasteiger partial charge in [-0.1, -0.05) is 0 Å². The average molecular weight is 305 g/mol. The number of alkyl halides is 2. The third kappa shape index (κ3) is 3.11. The maximum Gasteiger partial charge on any atom is 0.411 e. The number of amides is 1. The zero-order valence-electron chi connectivity index (χ0n) is 12.5. The van der Waals surface area contributed by atoms with Gasteiger partial charge in [-0.25, -0.2) is 18.4 Å². The number of likely N-dealkylation sites (tertiary alicyclic amines) is 1. The minimum absolute atomic E-state index is 0.121. The molecule has 1 amide bonds. The van der Waals surface area contributed by atoms with Gasteiger partial charge in [0.25, 0.3) is 0 Å². The van der Waals surface area contributed by atoms with E-state index < -0.39 is 35.0 Å². The zero-order valence-corrected chi connectivity index (χ0v) is 12.5. The summed E-state index contributed by atoms with van der Waals surface area (Å²) < 4.78 is 31.7. The van der Waals surface area contributed by atoms with E-state index in [-0.39, 0.29) is 32.2 Å². The highest BCUT2D eigenvalue weighted by molar-refractivity contribution is 5.83. The fourth-order valence-electron chi connectivity index (χ4n) is 3.17. The second-order valence-electron chi connectivity index (χ2n) is 7.07. The topological polar surface area (TPSA) is 66.8 Å². The Hall–Kier alpha value is -1.40. The van der Waals surface area contributed by atoms with E-state index in [4.69, 9.17) is 4.74 Å². The first-order valence-electron chi connectivity index (χ1n) is 7.06. The monoisotopic (exact) mass is 305 g/mol. The number of ether oxygens (including phenoxy) is 1. The summed E-state index contributed by atoms with van der Waals surface area (Å²) in [6.07, 6.45) is -1.09. The number of hydrogen-bond donors (Lipinski definition) is 1. The molecule has 0 radical (unpaired) electrons. The maximum absolute atomic E-state index is 13.3. The van der Waals surface area contributed by atoms with Gasteiger partial charge in [0.2, 0.25) is 5.92 Å². The molecule has 0 aromatic carbocycles. The van der Waals surface area contributed by atoms with Crippen LogP contribution in [0.5, 0.6) is 0 Å². The van der Waals surface area contributed by atoms with E-state index in [1.807, 2.05) is 0 Å². The molecular formula is C14H21F2NO4. The molecule has 2 fully saturated rings. The van der Waals surface area contributed by atoms with Crippen molar-refractivity contribution in [2.24, 2.45) is 5.41 Å². The third-order valence-corrected chi connectivity index (χ3v) is 4.22. The highest BCUT2D eigenvalue weighted by atomic mass is 19.3. The van der Waals surface area contributed by atoms with E-state index in [0.29, 0.717) is 0 Å². The first-order valence-corrected chi connectivity index (χ1v) is 7.06. The Morgan fingerprint density at radius 2 is 1.71 bits per heavy atom. The van der Waals surface area contributed by atoms with Crippen molar-refractivity contribution >= 4 is 12.1 Å². The highest BCUT2D eigenvalue weighted by Gasteiger charge is 2.61. The van der Waals surface area contributed by atoms with Crippen LogP contribution in [0.1, 0.15) is 46.5 Å². The zero-order chi connectivity index (χ0) is 16.1. The number of hydrogen-bond acceptors (Lipinski definition) is 3. The van der Waals surface area contributed by atoms with Crippen LogP contribution < -0.4 is 0 Å². The highest BCUT2D eigenvalue weighted by Crippen LogP contribution is 2.52. The van der Waals surface area contributed by atoms with Crippen LogP contribution in [0.25, 0.3) is 0 Å². The van der Waals surface area contributed by atoms with Gasteiger partial charge in [0.05, 0.1) is 0 Å². The summed E-state index contributed by atoms with van der Waals surface area (Å²) >= 11 is 0. The molecule has 1 spiro atoms. The predicted octanol–water partition coefficient (Wildman–Crippen LogP) is 2.89. The van der Waals surface area contributed by atoms with Crippen molar-refractivity contribution < 1.29 is 28.2 Å². The van der Waals surface area contributed by atoms with Crippen LogP contribution in [0, 0.1) is 5.41 Å². The largest absolute Gasteiger partial charge is 0.480 e. The van der Waals surface area contributed by atoms with Gasteiger partial charge in [0.1, 0.15) is 11.6 Å². The van der Waals surface area contributed by atoms with E-state index in [0.717, 1.165) is 4.90 Å². The van der Waals surface area contributed by atoms with Crippen LogP contribution in [0.15, 0.2) is 0 Å². The van der Waals surface area contributed by atoms with E-state index in [1.54, 1.807) is 20.8 Å². The molecule has 0 aromatic rings. The summed E-state index contributed by atoms with van der Waals surface area (Å²) in [5.74, 6) is -3.88. The number of aliphatic carboxylic acids is 1. The summed E-state index contributed by atoms with van der Waals surface area (Å²) in [7, 11) is 0. The van der Waals surface area contributed by atoms with Crippen molar-refractivity contribution in [2.75, 3.05) is 6.54 Å². The van der Waals surface area contributed by atoms with Crippen LogP contribution in [0.3, 0.4) is 0 Å². The smallest absolute Gasteiger partial charge is 0.411 e. The van der Waals surface area contributed by atoms with Crippen LogP contribution in [0.2, 0.25) is 0 Å². The van der Waals surface area contributed by atoms with Crippen molar-refractivity contribution in [2.45, 2.75) is 64.0 Å². The fourth-order valence-corrected chi connectivity index (χ4v) is 3.17. The van der Waals surface area contributed by atoms with Gasteiger partial charge in [-0.05, 0) is 33.6 Å². The van der Waals surface area contributed by atoms with Gasteiger partial charge in [0, 0.05) is 24.8 Å². The Balaban J connectivity index is 2.09. The molecule has 1 unspecified atom stereocenters. The van der Waals surface area contributed by atoms with E-state index in [9.17, 15) is 23.5 Å². The lowest BCUT2D eigenvalue weighted by Gasteiger charge is -2.57. The first-order chi connectivity index (χ1) is 9.46. The summed E-state index contributed by atoms with van der Waals surface area (Å²) in [6, 6.07) is -1.07. The minimum atomic E-state index is -2.72. The van der Waals surface area contributed by atoms with Gasteiger partial charge in [-0.2, -0.15) is 0 Å². The van der Waals surface area contributed by atoms with Gasteiger partial charge in [-0.3, -0.25) is 4.90 Å². The number of halogens is 2. The number of rotatable bonds is 1. The minimum Gasteiger partial charge on any atom is -0.480 e. The number of carboxylic acids is 1. The van der Waals surface area contributed by atoms with E-state index >= 15 is 0 Å². The molecule has 1 N–H and O–H groups in total. The summed E-state index contributed by atoms with van der Waals surface area (Å²) in [4.78, 5) is 24.6. The van der Waals surface area contributed by atoms with Crippen LogP contribution >= 0.6 is 0 Å². The second-order valence-corrected chi connectivity index (χ2v) is 7.07. The molecule has 1 heterocycles. The van der Waals surface area contributed by atoms with Gasteiger partial charge >= 0.3 is 12.1 Å². The first kappa shape index (κ1) is 16.0. The lowest BCUT2D eigenvalue weighted by Crippen LogP contribution is -2.70. The van der Waals surface area contributed by atoms with Crippen LogP contribution in [-0.2, 0) is 9.53 Å². The summed E-state index contributed by atoms with van der Waals surface area (Å²) in [5.41, 5.74) is -1.45. The van der Waals surface area contributed by atoms with Gasteiger partial charge in [0.15, 0.2) is 0 Å². The molecule has 2 rings (SSSR count). The van der Waals surface area contributed by atoms with Crippen LogP contribution in [-0.4, -0.2) is 46.2 Å². The molecule has 1 saturated carbocycles. The molecule has 2 aliphatic rings. The lowest BCUT2D eigenvalue weighted by atomic mass is 9.62. The van der Waals surface area contributed by atoms with Gasteiger partial charge < -0.3 is 9.84 Å². The second kappa shape index (κ2) is 4.81. The molecule has 0 aromatic heterocycles. The van der Waals surface area contributed by atoms with Crippen LogP contribution in [0.4, 0.5) is 13.6 Å². The Kier molecular flexibility index (Phi) is 3.66. The Bertz CT molecular complexity index is 448. The molecule has 5 nitrogen and oxygen atoms in total. The van der Waals surface area contributed by atoms with Crippen molar-refractivity contribution in [3.05, 3.63) is 0 Å². The molecule has 1 atom stereocenters. The molecule has 1 aliphatic carbocycles. The molecule has 7 heteroatoms. The molecule has 21 heavy (non-hydrogen) atoms. The number of carbonyl (C=O) groups excluding carboxylic acids is 1. The normalized spacial score (nSPS) is 27.1. The molecule has 1 saturated heterocycles. The van der Waals surface area contributed by atoms with Gasteiger partial charge in [-0.15, -0.1) is 0 Å². The summed E-state index contributed by atoms with van der Waals surface area (Å²) in [6.45, 7) is 5.25. The fraction of sp³-hybridized carbons (Fsp3) is 0.857. The molecule has 0 bridgehead atoms. The number of nitrogens with zero attached hydrogens (tertiary/aromatic N) is 1. The van der Waals surface area contributed by atoms with Crippen molar-refractivity contribution in [1.29, 1.82) is 0 Å². The Morgan fingerprint density at radius 1 is 1.19 bits per heavy atom. The predicted molar refractivity (Wildman–Crippen MR) is 70.2 cm³/mol. The molecule has 1 aliphatic heterocycles. The maximum atomic E-state index is 13.3. The lowest BCUT2D eigenvalue weighted by molar-refractivity contribution is -0.178. The number of carbonyl (C=O) groups is 2. The average Bonchev–Trinajstić information content (AvgIpc) is 2.23. The number of carboxylic acid groups (broad SMARTS) is 1. The van der Waals surface area contributed by atoms with Crippen molar-refractivity contribution in [1.82, 2.24) is 4.90 Å². The summed E-state index contributed by atoms with van der Waals surface area (Å²) in [5, 5.41) is 9.36. The quantitative estimate of drug-likeness (QED) is 0.809. The SMILES string of the molecule is CC(C)(C)OC(=O)N1CC2(CCC(F)(F)CC2)C1C(=O)O. The Labute approximate surface area is 122 Å². The van der Waals surface area contributed by atoms with Crippen molar-refractivity contribution in [3.8, 4) is 0 Å². The standard InChI is InChI=1S/C14H21F2NO4/c1-12(2,3)21-11(20)17-8-13(9(17)10(18)19)4-6-14(15,16)7-5-13/h9H,4-8H2,1-3H3,(H,18,19). The van der Waals surface area contributed by atoms with E-state index in [1.165, 1.54) is 0 Å². The molecule has 120 valence electrons.